The number of hydrogen-bond acceptors (Lipinski definition) is 5. The fourth-order valence-electron chi connectivity index (χ4n) is 1.92. The largest absolute Gasteiger partial charge is 0.688 e. The van der Waals surface area contributed by atoms with Crippen molar-refractivity contribution in [2.45, 2.75) is 45.1 Å². The van der Waals surface area contributed by atoms with Crippen LogP contribution in [0.1, 0.15) is 39.0 Å². The Morgan fingerprint density at radius 3 is 2.21 bits per heavy atom. The Morgan fingerprint density at radius 1 is 1.21 bits per heavy atom. The van der Waals surface area contributed by atoms with Crippen LogP contribution in [0.15, 0.2) is 0 Å². The molecule has 0 bridgehead atoms. The lowest BCUT2D eigenvalue weighted by Crippen LogP contribution is -2.49. The number of rotatable bonds is 4. The minimum Gasteiger partial charge on any atom is -0.367 e. The maximum Gasteiger partial charge on any atom is 0.688 e. The molecule has 1 aliphatic carbocycles. The summed E-state index contributed by atoms with van der Waals surface area (Å²) in [5.74, 6) is 0. The highest BCUT2D eigenvalue weighted by Crippen LogP contribution is 2.23. The molecule has 0 aliphatic heterocycles. The predicted octanol–water partition coefficient (Wildman–Crippen LogP) is -0.0149. The number of hydrogen-bond donors (Lipinski definition) is 3. The van der Waals surface area contributed by atoms with Crippen molar-refractivity contribution in [1.82, 2.24) is 5.06 Å². The van der Waals surface area contributed by atoms with Gasteiger partial charge in [-0.1, -0.05) is 26.2 Å². The van der Waals surface area contributed by atoms with E-state index < -0.39 is 9.05 Å². The molecule has 5 nitrogen and oxygen atoms in total. The molecule has 0 amide bonds. The van der Waals surface area contributed by atoms with Crippen LogP contribution in [0.3, 0.4) is 0 Å². The predicted molar refractivity (Wildman–Crippen MR) is 52.7 cm³/mol. The Hall–Kier alpha value is 0.0169. The van der Waals surface area contributed by atoms with Crippen LogP contribution in [0.2, 0.25) is 0 Å². The van der Waals surface area contributed by atoms with Gasteiger partial charge in [0.05, 0.1) is 0 Å². The second-order valence-corrected chi connectivity index (χ2v) is 5.02. The van der Waals surface area contributed by atoms with Gasteiger partial charge in [-0.2, -0.15) is 5.06 Å². The Bertz CT molecular complexity index is 167. The molecule has 1 rings (SSSR count). The normalized spacial score (nSPS) is 20.4. The lowest BCUT2D eigenvalue weighted by Gasteiger charge is -2.33. The molecule has 3 N–H and O–H groups in total. The molecule has 14 heavy (non-hydrogen) atoms. The van der Waals surface area contributed by atoms with Gasteiger partial charge < -0.3 is 14.4 Å². The van der Waals surface area contributed by atoms with E-state index >= 15 is 0 Å². The van der Waals surface area contributed by atoms with Crippen LogP contribution in [0, 0.1) is 0 Å². The van der Waals surface area contributed by atoms with Crippen molar-refractivity contribution < 1.29 is 18.9 Å². The van der Waals surface area contributed by atoms with Gasteiger partial charge in [-0.15, -0.1) is 0 Å². The Balaban J connectivity index is 2.43. The second kappa shape index (κ2) is 5.20. The monoisotopic (exact) mass is 221 g/mol. The molecule has 1 aliphatic rings. The van der Waals surface area contributed by atoms with Gasteiger partial charge in [0.2, 0.25) is 0 Å². The summed E-state index contributed by atoms with van der Waals surface area (Å²) in [4.78, 5) is 26.5. The average Bonchev–Trinajstić information content (AvgIpc) is 2.14. The first-order valence-corrected chi connectivity index (χ1v) is 6.91. The van der Waals surface area contributed by atoms with Crippen molar-refractivity contribution in [2.75, 3.05) is 6.54 Å². The van der Waals surface area contributed by atoms with Crippen LogP contribution in [-0.2, 0) is 4.53 Å². The van der Waals surface area contributed by atoms with Gasteiger partial charge in [-0.3, -0.25) is 4.53 Å². The minimum atomic E-state index is -4.40. The first kappa shape index (κ1) is 12.1. The molecule has 0 radical (unpaired) electrons. The fourth-order valence-corrected chi connectivity index (χ4v) is 2.52. The molecule has 6 heteroatoms. The zero-order chi connectivity index (χ0) is 10.6. The highest BCUT2D eigenvalue weighted by atomic mass is 28.4. The summed E-state index contributed by atoms with van der Waals surface area (Å²) in [6, 6.07) is 0.215. The standard InChI is InChI=1S/C8H19NO4Si/c1-2-9(13-14(10,11)12)8-6-4-3-5-7-8/h8,10-12H,2-7H2,1H3. The molecule has 0 saturated heterocycles. The van der Waals surface area contributed by atoms with E-state index in [9.17, 15) is 0 Å². The molecule has 0 aromatic heterocycles. The van der Waals surface area contributed by atoms with Gasteiger partial charge >= 0.3 is 9.05 Å². The van der Waals surface area contributed by atoms with E-state index in [0.29, 0.717) is 6.54 Å². The van der Waals surface area contributed by atoms with Crippen LogP contribution >= 0.6 is 0 Å². The van der Waals surface area contributed by atoms with E-state index in [4.69, 9.17) is 18.9 Å². The molecule has 0 heterocycles. The van der Waals surface area contributed by atoms with Crippen molar-refractivity contribution in [2.24, 2.45) is 0 Å². The third-order valence-electron chi connectivity index (χ3n) is 2.53. The minimum absolute atomic E-state index is 0.215. The van der Waals surface area contributed by atoms with Crippen molar-refractivity contribution in [3.05, 3.63) is 0 Å². The Labute approximate surface area is 85.4 Å². The van der Waals surface area contributed by atoms with Gasteiger partial charge in [0, 0.05) is 12.6 Å². The summed E-state index contributed by atoms with van der Waals surface area (Å²) in [5, 5.41) is 1.51. The second-order valence-electron chi connectivity index (χ2n) is 3.69. The fraction of sp³-hybridized carbons (Fsp3) is 1.00. The number of nitrogens with zero attached hydrogens (tertiary/aromatic N) is 1. The SMILES string of the molecule is CCN(O[Si](O)(O)O)C1CCCCC1. The third-order valence-corrected chi connectivity index (χ3v) is 3.01. The summed E-state index contributed by atoms with van der Waals surface area (Å²) in [5.41, 5.74) is 0. The zero-order valence-electron chi connectivity index (χ0n) is 8.52. The maximum atomic E-state index is 8.84. The quantitative estimate of drug-likeness (QED) is 0.460. The van der Waals surface area contributed by atoms with Crippen LogP contribution in [0.5, 0.6) is 0 Å². The Morgan fingerprint density at radius 2 is 1.79 bits per heavy atom. The summed E-state index contributed by atoms with van der Waals surface area (Å²) in [6.07, 6.45) is 5.51. The molecule has 0 spiro atoms. The average molecular weight is 221 g/mol. The molecule has 0 atom stereocenters. The van der Waals surface area contributed by atoms with Gasteiger partial charge in [0.1, 0.15) is 0 Å². The van der Waals surface area contributed by atoms with E-state index in [1.165, 1.54) is 11.5 Å². The summed E-state index contributed by atoms with van der Waals surface area (Å²) < 4.78 is 4.77. The van der Waals surface area contributed by atoms with Crippen molar-refractivity contribution in [3.8, 4) is 0 Å². The zero-order valence-corrected chi connectivity index (χ0v) is 9.52. The van der Waals surface area contributed by atoms with E-state index in [0.717, 1.165) is 25.7 Å². The molecule has 84 valence electrons. The summed E-state index contributed by atoms with van der Waals surface area (Å²) >= 11 is 0. The van der Waals surface area contributed by atoms with Gasteiger partial charge in [0.15, 0.2) is 0 Å². The molecule has 1 fully saturated rings. The van der Waals surface area contributed by atoms with Gasteiger partial charge in [-0.05, 0) is 12.8 Å². The molecule has 0 aromatic carbocycles. The van der Waals surface area contributed by atoms with Gasteiger partial charge in [0.25, 0.3) is 0 Å². The molecule has 0 unspecified atom stereocenters. The molecular formula is C8H19NO4Si. The van der Waals surface area contributed by atoms with E-state index in [1.807, 2.05) is 6.92 Å². The van der Waals surface area contributed by atoms with Crippen LogP contribution in [0.4, 0.5) is 0 Å². The number of hydroxylamine groups is 2. The molecular weight excluding hydrogens is 202 g/mol. The summed E-state index contributed by atoms with van der Waals surface area (Å²) in [6.45, 7) is 2.43. The van der Waals surface area contributed by atoms with Crippen molar-refractivity contribution in [3.63, 3.8) is 0 Å². The summed E-state index contributed by atoms with van der Waals surface area (Å²) in [7, 11) is -4.40. The van der Waals surface area contributed by atoms with Crippen LogP contribution < -0.4 is 0 Å². The highest BCUT2D eigenvalue weighted by Gasteiger charge is 2.36. The van der Waals surface area contributed by atoms with Crippen LogP contribution in [0.25, 0.3) is 0 Å². The van der Waals surface area contributed by atoms with E-state index in [2.05, 4.69) is 0 Å². The first-order chi connectivity index (χ1) is 6.53. The first-order valence-electron chi connectivity index (χ1n) is 5.16. The van der Waals surface area contributed by atoms with Crippen molar-refractivity contribution in [1.29, 1.82) is 0 Å². The van der Waals surface area contributed by atoms with Crippen molar-refractivity contribution >= 4 is 9.05 Å². The van der Waals surface area contributed by atoms with E-state index in [-0.39, 0.29) is 6.04 Å². The lowest BCUT2D eigenvalue weighted by atomic mass is 9.95. The van der Waals surface area contributed by atoms with Gasteiger partial charge in [-0.25, -0.2) is 0 Å². The Kier molecular flexibility index (Phi) is 4.49. The van der Waals surface area contributed by atoms with E-state index in [1.54, 1.807) is 0 Å². The smallest absolute Gasteiger partial charge is 0.367 e. The molecule has 0 aromatic rings. The van der Waals surface area contributed by atoms with Crippen LogP contribution in [-0.4, -0.2) is 41.1 Å². The highest BCUT2D eigenvalue weighted by molar-refractivity contribution is 6.48. The third kappa shape index (κ3) is 4.03. The topological polar surface area (TPSA) is 73.2 Å². The molecule has 1 saturated carbocycles. The lowest BCUT2D eigenvalue weighted by molar-refractivity contribution is -0.165. The maximum absolute atomic E-state index is 8.84.